The van der Waals surface area contributed by atoms with E-state index in [-0.39, 0.29) is 0 Å². The Hall–Kier alpha value is -13.4. The molecule has 0 atom stereocenters. The van der Waals surface area contributed by atoms with Crippen molar-refractivity contribution in [3.05, 3.63) is 326 Å². The van der Waals surface area contributed by atoms with Gasteiger partial charge in [-0.15, -0.1) is 0 Å². The molecule has 0 amide bonds. The van der Waals surface area contributed by atoms with Crippen LogP contribution in [0.3, 0.4) is 0 Å². The van der Waals surface area contributed by atoms with Gasteiger partial charge in [-0.05, 0) is 247 Å². The average Bonchev–Trinajstić information content (AvgIpc) is 1.57. The number of hydrogen-bond donors (Lipinski definition) is 0. The molecular formula is C98H82N10O+4. The third-order valence-electron chi connectivity index (χ3n) is 21.9. The van der Waals surface area contributed by atoms with Crippen molar-refractivity contribution in [1.29, 1.82) is 0 Å². The molecule has 526 valence electrons. The summed E-state index contributed by atoms with van der Waals surface area (Å²) in [7, 11) is 10.4. The molecule has 0 aliphatic heterocycles. The van der Waals surface area contributed by atoms with Crippen LogP contribution in [0.25, 0.3) is 176 Å². The summed E-state index contributed by atoms with van der Waals surface area (Å²) in [6.45, 7) is 8.62. The van der Waals surface area contributed by atoms with Crippen LogP contribution in [-0.2, 0) is 35.2 Å². The number of aromatic nitrogens is 10. The number of furan rings is 1. The second-order valence-electron chi connectivity index (χ2n) is 29.3. The number of benzene rings is 13. The quantitative estimate of drug-likeness (QED) is 0.122. The highest BCUT2D eigenvalue weighted by atomic mass is 16.3. The molecule has 13 aromatic carbocycles. The van der Waals surface area contributed by atoms with Crippen LogP contribution in [0.1, 0.15) is 47.1 Å². The molecule has 7 heterocycles. The smallest absolute Gasteiger partial charge is 0.331 e. The van der Waals surface area contributed by atoms with Crippen LogP contribution in [-0.4, -0.2) is 29.1 Å². The molecule has 0 radical (unpaired) electrons. The van der Waals surface area contributed by atoms with E-state index < -0.39 is 0 Å². The van der Waals surface area contributed by atoms with E-state index in [0.717, 1.165) is 83.7 Å². The number of hydrogen-bond acceptors (Lipinski definition) is 5. The Labute approximate surface area is 632 Å². The van der Waals surface area contributed by atoms with Gasteiger partial charge in [0.2, 0.25) is 0 Å². The summed E-state index contributed by atoms with van der Waals surface area (Å²) in [4.78, 5) is 20.3. The fourth-order valence-electron chi connectivity index (χ4n) is 16.2. The van der Waals surface area contributed by atoms with Crippen LogP contribution in [0.2, 0.25) is 0 Å². The number of rotatable bonds is 6. The van der Waals surface area contributed by atoms with Crippen molar-refractivity contribution < 1.29 is 22.7 Å². The second-order valence-corrected chi connectivity index (χ2v) is 29.3. The lowest BCUT2D eigenvalue weighted by Crippen LogP contribution is -2.32. The van der Waals surface area contributed by atoms with Crippen LogP contribution in [0, 0.1) is 27.7 Å². The van der Waals surface area contributed by atoms with Crippen LogP contribution < -0.4 is 18.3 Å². The molecule has 7 aromatic heterocycles. The summed E-state index contributed by atoms with van der Waals surface area (Å²) in [5, 5.41) is 18.0. The minimum Gasteiger partial charge on any atom is -0.464 e. The van der Waals surface area contributed by atoms with Crippen molar-refractivity contribution in [2.24, 2.45) is 35.2 Å². The van der Waals surface area contributed by atoms with Gasteiger partial charge in [0.15, 0.2) is 22.1 Å². The molecule has 0 unspecified atom stereocenters. The van der Waals surface area contributed by atoms with Crippen molar-refractivity contribution in [3.63, 3.8) is 0 Å². The molecule has 0 N–H and O–H groups in total. The van der Waals surface area contributed by atoms with Gasteiger partial charge < -0.3 is 13.6 Å². The lowest BCUT2D eigenvalue weighted by molar-refractivity contribution is -0.661. The molecule has 1 aliphatic carbocycles. The fourth-order valence-corrected chi connectivity index (χ4v) is 16.2. The van der Waals surface area contributed by atoms with E-state index in [4.69, 9.17) is 24.4 Å². The van der Waals surface area contributed by atoms with Crippen molar-refractivity contribution >= 4 is 125 Å². The topological polar surface area (TPSA) is 90.1 Å². The summed E-state index contributed by atoms with van der Waals surface area (Å²) in [6.07, 6.45) is 20.8. The number of para-hydroxylation sites is 1. The third-order valence-corrected chi connectivity index (χ3v) is 21.9. The lowest BCUT2D eigenvalue weighted by Gasteiger charge is -2.09. The molecule has 1 aliphatic rings. The first-order valence-electron chi connectivity index (χ1n) is 37.5. The van der Waals surface area contributed by atoms with Gasteiger partial charge in [-0.25, -0.2) is 18.3 Å². The maximum Gasteiger partial charge on any atom is 0.331 e. The largest absolute Gasteiger partial charge is 0.464 e. The molecule has 0 saturated carbocycles. The van der Waals surface area contributed by atoms with Gasteiger partial charge >= 0.3 is 23.3 Å². The third kappa shape index (κ3) is 12.6. The predicted molar refractivity (Wildman–Crippen MR) is 447 cm³/mol. The fraction of sp³-hybridized carbons (Fsp3) is 0.122. The zero-order chi connectivity index (χ0) is 74.1. The zero-order valence-electron chi connectivity index (χ0n) is 62.8. The van der Waals surface area contributed by atoms with Crippen molar-refractivity contribution in [2.75, 3.05) is 0 Å². The first kappa shape index (κ1) is 67.5. The van der Waals surface area contributed by atoms with Gasteiger partial charge in [0, 0.05) is 46.8 Å². The van der Waals surface area contributed by atoms with E-state index in [0.29, 0.717) is 0 Å². The van der Waals surface area contributed by atoms with Gasteiger partial charge in [0.1, 0.15) is 30.4 Å². The molecule has 0 saturated heterocycles. The van der Waals surface area contributed by atoms with Crippen molar-refractivity contribution in [3.8, 4) is 51.2 Å². The Bertz CT molecular complexity index is 7080. The van der Waals surface area contributed by atoms with E-state index in [2.05, 4.69) is 364 Å². The SMILES string of the molecule is Cc1ccc(C2=CCCC2)cc1-c1nc2cc3ccccc3cc2c[n+]1C.Cc1ccc2c(ccn2-c2ccccc2)c1-c1nc2cc3ccccc3cc2c[n+]1C.Cc1ccc2c(ccn2C)c1-c1nc2cc3ccccc3cc2c[n+]1C.Cc1ccc2occc2c1-c1nc2cc3ccccc3cc2c[n+]1C. The Kier molecular flexibility index (Phi) is 17.2. The normalized spacial score (nSPS) is 12.2. The van der Waals surface area contributed by atoms with E-state index in [1.54, 1.807) is 6.26 Å². The highest BCUT2D eigenvalue weighted by molar-refractivity contribution is 6.03. The molecular weight excluding hydrogens is 1330 g/mol. The number of aryl methyl sites for hydroxylation is 9. The van der Waals surface area contributed by atoms with E-state index >= 15 is 0 Å². The summed E-state index contributed by atoms with van der Waals surface area (Å²) < 4.78 is 18.5. The van der Waals surface area contributed by atoms with E-state index in [9.17, 15) is 0 Å². The van der Waals surface area contributed by atoms with Crippen LogP contribution in [0.5, 0.6) is 0 Å². The molecule has 0 fully saturated rings. The van der Waals surface area contributed by atoms with Crippen molar-refractivity contribution in [1.82, 2.24) is 29.1 Å². The Balaban J connectivity index is 0.000000103. The van der Waals surface area contributed by atoms with Crippen LogP contribution in [0.4, 0.5) is 0 Å². The predicted octanol–water partition coefficient (Wildman–Crippen LogP) is 21.5. The monoisotopic (exact) mass is 1410 g/mol. The molecule has 109 heavy (non-hydrogen) atoms. The van der Waals surface area contributed by atoms with Crippen LogP contribution in [0.15, 0.2) is 303 Å². The number of fused-ring (bicyclic) bond motifs is 11. The summed E-state index contributed by atoms with van der Waals surface area (Å²) in [6, 6.07) is 88.0. The van der Waals surface area contributed by atoms with Gasteiger partial charge in [-0.1, -0.05) is 152 Å². The molecule has 0 bridgehead atoms. The summed E-state index contributed by atoms with van der Waals surface area (Å²) in [5.74, 6) is 3.96. The maximum atomic E-state index is 5.58. The van der Waals surface area contributed by atoms with E-state index in [1.165, 1.54) is 140 Å². The summed E-state index contributed by atoms with van der Waals surface area (Å²) >= 11 is 0. The number of nitrogens with zero attached hydrogens (tertiary/aromatic N) is 10. The molecule has 11 nitrogen and oxygen atoms in total. The number of allylic oxidation sites excluding steroid dienone is 2. The highest BCUT2D eigenvalue weighted by Gasteiger charge is 2.27. The average molecular weight is 1420 g/mol. The Morgan fingerprint density at radius 1 is 0.349 bits per heavy atom. The lowest BCUT2D eigenvalue weighted by atomic mass is 9.98. The molecule has 11 heteroatoms. The Morgan fingerprint density at radius 3 is 1.21 bits per heavy atom. The van der Waals surface area contributed by atoms with Crippen molar-refractivity contribution in [2.45, 2.75) is 47.0 Å². The van der Waals surface area contributed by atoms with Gasteiger partial charge in [-0.2, -0.15) is 0 Å². The molecule has 20 aromatic rings. The summed E-state index contributed by atoms with van der Waals surface area (Å²) in [5.41, 5.74) is 21.1. The van der Waals surface area contributed by atoms with Gasteiger partial charge in [0.25, 0.3) is 0 Å². The highest BCUT2D eigenvalue weighted by Crippen LogP contribution is 2.38. The standard InChI is InChI=1S/C28H22N3.C25H23N2.C23H20N3.C22H17N2O/c1-19-12-13-26-24(14-15-31(26)23-10-4-3-5-11-23)27(19)28-29-25-17-21-9-7-6-8-20(21)16-22(25)18-30(28)2;1-17-11-12-21(18-7-3-4-8-18)14-23(17)25-26-24-15-20-10-6-5-9-19(20)13-22(24)16-27(25)2;1-15-8-9-21-19(10-11-25(21)2)22(15)23-24-20-13-17-7-5-4-6-16(17)12-18(20)14-26(23)3;1-14-7-8-20-18(9-10-25-20)21(14)22-23-19-12-16-6-4-3-5-15(16)11-17(19)13-24(22)2/h3-18H,1-2H3;5-7,9-16H,3-4,8H2,1-2H3;4-14H,1-3H3;3-13H,1-2H3/q4*+1. The zero-order valence-corrected chi connectivity index (χ0v) is 62.8. The second kappa shape index (κ2) is 27.8. The molecule has 21 rings (SSSR count). The Morgan fingerprint density at radius 2 is 0.743 bits per heavy atom. The minimum absolute atomic E-state index is 0.890. The first-order chi connectivity index (χ1) is 53.2. The van der Waals surface area contributed by atoms with E-state index in [1.807, 2.05) is 18.2 Å². The van der Waals surface area contributed by atoms with Crippen LogP contribution >= 0.6 is 0 Å². The molecule has 0 spiro atoms. The minimum atomic E-state index is 0.890. The maximum absolute atomic E-state index is 5.58. The first-order valence-corrected chi connectivity index (χ1v) is 37.5. The van der Waals surface area contributed by atoms with Gasteiger partial charge in [-0.3, -0.25) is 0 Å². The van der Waals surface area contributed by atoms with Gasteiger partial charge in [0.05, 0.1) is 83.8 Å².